The number of amides is 1. The summed E-state index contributed by atoms with van der Waals surface area (Å²) in [5.41, 5.74) is 0.916. The van der Waals surface area contributed by atoms with Gasteiger partial charge in [-0.25, -0.2) is 0 Å². The topological polar surface area (TPSA) is 81.5 Å². The standard InChI is InChI=1S/C15H12Cl2N2O4/c1-9-2-5-13(19(21)22)14(6-9)23-8-15(20)18-12-7-10(16)3-4-11(12)17/h2-7H,8H2,1H3,(H,18,20). The smallest absolute Gasteiger partial charge is 0.310 e. The number of nitro benzene ring substituents is 1. The van der Waals surface area contributed by atoms with Crippen LogP contribution in [0.3, 0.4) is 0 Å². The number of anilines is 1. The van der Waals surface area contributed by atoms with Crippen molar-refractivity contribution in [2.24, 2.45) is 0 Å². The van der Waals surface area contributed by atoms with E-state index in [0.29, 0.717) is 15.7 Å². The predicted octanol–water partition coefficient (Wildman–Crippen LogP) is 4.23. The van der Waals surface area contributed by atoms with Crippen LogP contribution < -0.4 is 10.1 Å². The molecule has 1 amide bonds. The van der Waals surface area contributed by atoms with Crippen molar-refractivity contribution in [2.45, 2.75) is 6.92 Å². The molecule has 2 aromatic carbocycles. The number of aryl methyl sites for hydroxylation is 1. The summed E-state index contributed by atoms with van der Waals surface area (Å²) in [5, 5.41) is 14.2. The number of nitrogens with zero attached hydrogens (tertiary/aromatic N) is 1. The molecule has 1 N–H and O–H groups in total. The highest BCUT2D eigenvalue weighted by atomic mass is 35.5. The third-order valence-corrected chi connectivity index (χ3v) is 3.44. The highest BCUT2D eigenvalue weighted by molar-refractivity contribution is 6.35. The van der Waals surface area contributed by atoms with Gasteiger partial charge in [0.2, 0.25) is 0 Å². The highest BCUT2D eigenvalue weighted by Gasteiger charge is 2.16. The fourth-order valence-electron chi connectivity index (χ4n) is 1.81. The summed E-state index contributed by atoms with van der Waals surface area (Å²) in [7, 11) is 0. The van der Waals surface area contributed by atoms with Gasteiger partial charge in [0.25, 0.3) is 5.91 Å². The van der Waals surface area contributed by atoms with Gasteiger partial charge >= 0.3 is 5.69 Å². The van der Waals surface area contributed by atoms with Crippen LogP contribution in [0.4, 0.5) is 11.4 Å². The Bertz CT molecular complexity index is 765. The van der Waals surface area contributed by atoms with Gasteiger partial charge < -0.3 is 10.1 Å². The molecular formula is C15H12Cl2N2O4. The Labute approximate surface area is 142 Å². The van der Waals surface area contributed by atoms with E-state index in [-0.39, 0.29) is 11.4 Å². The number of hydrogen-bond acceptors (Lipinski definition) is 4. The SMILES string of the molecule is Cc1ccc([N+](=O)[O-])c(OCC(=O)Nc2cc(Cl)ccc2Cl)c1. The minimum absolute atomic E-state index is 0.0299. The Balaban J connectivity index is 2.06. The van der Waals surface area contributed by atoms with E-state index in [1.54, 1.807) is 25.1 Å². The first-order chi connectivity index (χ1) is 10.9. The first-order valence-electron chi connectivity index (χ1n) is 6.49. The molecule has 2 rings (SSSR count). The molecule has 0 aliphatic heterocycles. The first kappa shape index (κ1) is 17.1. The molecule has 2 aromatic rings. The van der Waals surface area contributed by atoms with Crippen molar-refractivity contribution in [3.63, 3.8) is 0 Å². The van der Waals surface area contributed by atoms with E-state index in [9.17, 15) is 14.9 Å². The number of carbonyl (C=O) groups excluding carboxylic acids is 1. The van der Waals surface area contributed by atoms with Crippen molar-refractivity contribution in [1.29, 1.82) is 0 Å². The lowest BCUT2D eigenvalue weighted by molar-refractivity contribution is -0.385. The Morgan fingerprint density at radius 3 is 2.70 bits per heavy atom. The van der Waals surface area contributed by atoms with Crippen LogP contribution in [0.1, 0.15) is 5.56 Å². The lowest BCUT2D eigenvalue weighted by Crippen LogP contribution is -2.20. The van der Waals surface area contributed by atoms with E-state index in [4.69, 9.17) is 27.9 Å². The maximum absolute atomic E-state index is 11.9. The minimum Gasteiger partial charge on any atom is -0.477 e. The molecule has 0 aliphatic rings. The molecular weight excluding hydrogens is 343 g/mol. The van der Waals surface area contributed by atoms with Crippen molar-refractivity contribution in [3.05, 3.63) is 62.1 Å². The van der Waals surface area contributed by atoms with Gasteiger partial charge in [0, 0.05) is 11.1 Å². The van der Waals surface area contributed by atoms with Crippen LogP contribution in [-0.2, 0) is 4.79 Å². The van der Waals surface area contributed by atoms with Crippen LogP contribution in [0.2, 0.25) is 10.0 Å². The summed E-state index contributed by atoms with van der Waals surface area (Å²) >= 11 is 11.8. The summed E-state index contributed by atoms with van der Waals surface area (Å²) in [6.45, 7) is 1.37. The summed E-state index contributed by atoms with van der Waals surface area (Å²) in [6, 6.07) is 9.06. The second-order valence-corrected chi connectivity index (χ2v) is 5.53. The molecule has 0 atom stereocenters. The molecule has 0 unspecified atom stereocenters. The molecule has 8 heteroatoms. The Hall–Kier alpha value is -2.31. The molecule has 0 saturated heterocycles. The zero-order valence-electron chi connectivity index (χ0n) is 12.0. The molecule has 0 bridgehead atoms. The van der Waals surface area contributed by atoms with Crippen LogP contribution in [0.15, 0.2) is 36.4 Å². The summed E-state index contributed by atoms with van der Waals surface area (Å²) < 4.78 is 5.25. The second kappa shape index (κ2) is 7.30. The lowest BCUT2D eigenvalue weighted by atomic mass is 10.2. The Morgan fingerprint density at radius 2 is 2.00 bits per heavy atom. The third-order valence-electron chi connectivity index (χ3n) is 2.87. The first-order valence-corrected chi connectivity index (χ1v) is 7.25. The predicted molar refractivity (Wildman–Crippen MR) is 88.4 cm³/mol. The molecule has 0 saturated carbocycles. The molecule has 0 spiro atoms. The quantitative estimate of drug-likeness (QED) is 0.643. The van der Waals surface area contributed by atoms with Crippen LogP contribution >= 0.6 is 23.2 Å². The maximum Gasteiger partial charge on any atom is 0.310 e. The van der Waals surface area contributed by atoms with Crippen molar-refractivity contribution in [1.82, 2.24) is 0 Å². The Morgan fingerprint density at radius 1 is 1.26 bits per heavy atom. The van der Waals surface area contributed by atoms with Crippen LogP contribution in [0.5, 0.6) is 5.75 Å². The number of benzene rings is 2. The van der Waals surface area contributed by atoms with Gasteiger partial charge in [0.05, 0.1) is 15.6 Å². The summed E-state index contributed by atoms with van der Waals surface area (Å²) in [5.74, 6) is -0.479. The van der Waals surface area contributed by atoms with Crippen molar-refractivity contribution < 1.29 is 14.5 Å². The number of rotatable bonds is 5. The van der Waals surface area contributed by atoms with Crippen molar-refractivity contribution in [3.8, 4) is 5.75 Å². The fourth-order valence-corrected chi connectivity index (χ4v) is 2.15. The third kappa shape index (κ3) is 4.58. The fraction of sp³-hybridized carbons (Fsp3) is 0.133. The largest absolute Gasteiger partial charge is 0.477 e. The normalized spacial score (nSPS) is 10.2. The molecule has 120 valence electrons. The van der Waals surface area contributed by atoms with Crippen LogP contribution in [0, 0.1) is 17.0 Å². The van der Waals surface area contributed by atoms with E-state index < -0.39 is 17.4 Å². The van der Waals surface area contributed by atoms with Gasteiger partial charge in [-0.2, -0.15) is 0 Å². The van der Waals surface area contributed by atoms with Gasteiger partial charge in [0.1, 0.15) is 0 Å². The average Bonchev–Trinajstić information content (AvgIpc) is 2.48. The zero-order chi connectivity index (χ0) is 17.0. The van der Waals surface area contributed by atoms with Gasteiger partial charge in [0.15, 0.2) is 12.4 Å². The average molecular weight is 355 g/mol. The lowest BCUT2D eigenvalue weighted by Gasteiger charge is -2.10. The molecule has 0 aliphatic carbocycles. The maximum atomic E-state index is 11.9. The van der Waals surface area contributed by atoms with Gasteiger partial charge in [-0.1, -0.05) is 29.3 Å². The molecule has 0 aromatic heterocycles. The molecule has 6 nitrogen and oxygen atoms in total. The number of nitro groups is 1. The molecule has 0 heterocycles. The number of ether oxygens (including phenoxy) is 1. The van der Waals surface area contributed by atoms with Gasteiger partial charge in [-0.15, -0.1) is 0 Å². The Kier molecular flexibility index (Phi) is 5.41. The van der Waals surface area contributed by atoms with E-state index in [1.807, 2.05) is 0 Å². The zero-order valence-corrected chi connectivity index (χ0v) is 13.5. The number of hydrogen-bond donors (Lipinski definition) is 1. The highest BCUT2D eigenvalue weighted by Crippen LogP contribution is 2.28. The molecule has 0 radical (unpaired) electrons. The van der Waals surface area contributed by atoms with Crippen LogP contribution in [0.25, 0.3) is 0 Å². The van der Waals surface area contributed by atoms with Gasteiger partial charge in [-0.3, -0.25) is 14.9 Å². The van der Waals surface area contributed by atoms with Crippen molar-refractivity contribution in [2.75, 3.05) is 11.9 Å². The molecule has 23 heavy (non-hydrogen) atoms. The molecule has 0 fully saturated rings. The van der Waals surface area contributed by atoms with Gasteiger partial charge in [-0.05, 0) is 36.8 Å². The number of nitrogens with one attached hydrogen (secondary N) is 1. The van der Waals surface area contributed by atoms with E-state index in [2.05, 4.69) is 5.32 Å². The van der Waals surface area contributed by atoms with E-state index in [0.717, 1.165) is 5.56 Å². The summed E-state index contributed by atoms with van der Waals surface area (Å²) in [4.78, 5) is 22.3. The van der Waals surface area contributed by atoms with Crippen LogP contribution in [-0.4, -0.2) is 17.4 Å². The van der Waals surface area contributed by atoms with E-state index >= 15 is 0 Å². The minimum atomic E-state index is -0.569. The monoisotopic (exact) mass is 354 g/mol. The van der Waals surface area contributed by atoms with E-state index in [1.165, 1.54) is 18.2 Å². The summed E-state index contributed by atoms with van der Waals surface area (Å²) in [6.07, 6.45) is 0. The number of halogens is 2. The second-order valence-electron chi connectivity index (χ2n) is 4.69. The van der Waals surface area contributed by atoms with Crippen molar-refractivity contribution >= 4 is 40.5 Å². The number of carbonyl (C=O) groups is 1.